The number of rotatable bonds is 1. The third-order valence-corrected chi connectivity index (χ3v) is 2.36. The van der Waals surface area contributed by atoms with Crippen molar-refractivity contribution in [2.24, 2.45) is 0 Å². The summed E-state index contributed by atoms with van der Waals surface area (Å²) in [6.07, 6.45) is 5.31. The standard InChI is InChI=1S/C13H15N3/c1-13(2,3)11-6-9-15-12(16-11)10-4-7-14-8-5-10/h4-9H,1-3H3. The smallest absolute Gasteiger partial charge is 0.159 e. The first kappa shape index (κ1) is 10.7. The van der Waals surface area contributed by atoms with Gasteiger partial charge in [0.2, 0.25) is 0 Å². The number of hydrogen-bond donors (Lipinski definition) is 0. The summed E-state index contributed by atoms with van der Waals surface area (Å²) in [7, 11) is 0. The largest absolute Gasteiger partial charge is 0.265 e. The molecule has 0 aromatic carbocycles. The van der Waals surface area contributed by atoms with Crippen molar-refractivity contribution >= 4 is 0 Å². The fourth-order valence-corrected chi connectivity index (χ4v) is 1.42. The van der Waals surface area contributed by atoms with Crippen LogP contribution in [0.5, 0.6) is 0 Å². The first-order valence-electron chi connectivity index (χ1n) is 5.31. The van der Waals surface area contributed by atoms with Gasteiger partial charge in [0, 0.05) is 35.3 Å². The van der Waals surface area contributed by atoms with Gasteiger partial charge in [-0.25, -0.2) is 9.97 Å². The molecule has 0 bridgehead atoms. The van der Waals surface area contributed by atoms with Crippen molar-refractivity contribution in [2.75, 3.05) is 0 Å². The van der Waals surface area contributed by atoms with E-state index < -0.39 is 0 Å². The van der Waals surface area contributed by atoms with Crippen molar-refractivity contribution in [2.45, 2.75) is 26.2 Å². The Hall–Kier alpha value is -1.77. The first-order chi connectivity index (χ1) is 7.57. The molecule has 2 aromatic rings. The highest BCUT2D eigenvalue weighted by atomic mass is 14.9. The van der Waals surface area contributed by atoms with Gasteiger partial charge in [0.05, 0.1) is 0 Å². The zero-order valence-corrected chi connectivity index (χ0v) is 9.81. The molecule has 0 aliphatic carbocycles. The molecule has 0 N–H and O–H groups in total. The summed E-state index contributed by atoms with van der Waals surface area (Å²) in [5, 5.41) is 0. The van der Waals surface area contributed by atoms with Crippen molar-refractivity contribution in [3.63, 3.8) is 0 Å². The van der Waals surface area contributed by atoms with Crippen molar-refractivity contribution in [1.29, 1.82) is 0 Å². The van der Waals surface area contributed by atoms with Gasteiger partial charge >= 0.3 is 0 Å². The van der Waals surface area contributed by atoms with Crippen LogP contribution in [0.4, 0.5) is 0 Å². The summed E-state index contributed by atoms with van der Waals surface area (Å²) < 4.78 is 0. The van der Waals surface area contributed by atoms with Crippen LogP contribution < -0.4 is 0 Å². The first-order valence-corrected chi connectivity index (χ1v) is 5.31. The Morgan fingerprint density at radius 2 is 1.62 bits per heavy atom. The second-order valence-corrected chi connectivity index (χ2v) is 4.75. The van der Waals surface area contributed by atoms with E-state index in [4.69, 9.17) is 0 Å². The highest BCUT2D eigenvalue weighted by molar-refractivity contribution is 5.53. The van der Waals surface area contributed by atoms with E-state index in [1.807, 2.05) is 24.4 Å². The number of pyridine rings is 1. The molecular formula is C13H15N3. The SMILES string of the molecule is CC(C)(C)c1ccnc(-c2ccncc2)n1. The summed E-state index contributed by atoms with van der Waals surface area (Å²) in [4.78, 5) is 12.8. The lowest BCUT2D eigenvalue weighted by atomic mass is 9.92. The molecule has 2 heterocycles. The van der Waals surface area contributed by atoms with E-state index in [0.29, 0.717) is 0 Å². The molecule has 16 heavy (non-hydrogen) atoms. The van der Waals surface area contributed by atoms with Gasteiger partial charge in [0.1, 0.15) is 0 Å². The van der Waals surface area contributed by atoms with Crippen LogP contribution in [-0.4, -0.2) is 15.0 Å². The highest BCUT2D eigenvalue weighted by Gasteiger charge is 2.16. The van der Waals surface area contributed by atoms with Gasteiger partial charge < -0.3 is 0 Å². The van der Waals surface area contributed by atoms with E-state index in [9.17, 15) is 0 Å². The average Bonchev–Trinajstić information content (AvgIpc) is 2.29. The highest BCUT2D eigenvalue weighted by Crippen LogP contribution is 2.21. The third kappa shape index (κ3) is 2.24. The Morgan fingerprint density at radius 1 is 0.938 bits per heavy atom. The van der Waals surface area contributed by atoms with Crippen LogP contribution in [0.2, 0.25) is 0 Å². The molecule has 0 radical (unpaired) electrons. The number of hydrogen-bond acceptors (Lipinski definition) is 3. The molecule has 0 saturated heterocycles. The van der Waals surface area contributed by atoms with E-state index in [0.717, 1.165) is 17.1 Å². The molecule has 0 amide bonds. The molecule has 3 heteroatoms. The lowest BCUT2D eigenvalue weighted by Gasteiger charge is -2.17. The minimum absolute atomic E-state index is 0.0463. The normalized spacial score (nSPS) is 11.4. The van der Waals surface area contributed by atoms with Crippen LogP contribution >= 0.6 is 0 Å². The maximum absolute atomic E-state index is 4.58. The van der Waals surface area contributed by atoms with E-state index in [1.54, 1.807) is 12.4 Å². The lowest BCUT2D eigenvalue weighted by molar-refractivity contribution is 0.568. The molecule has 3 nitrogen and oxygen atoms in total. The third-order valence-electron chi connectivity index (χ3n) is 2.36. The van der Waals surface area contributed by atoms with E-state index in [-0.39, 0.29) is 5.41 Å². The fourth-order valence-electron chi connectivity index (χ4n) is 1.42. The van der Waals surface area contributed by atoms with Gasteiger partial charge in [0.25, 0.3) is 0 Å². The van der Waals surface area contributed by atoms with Gasteiger partial charge in [-0.1, -0.05) is 20.8 Å². The van der Waals surface area contributed by atoms with Crippen molar-refractivity contribution in [1.82, 2.24) is 15.0 Å². The van der Waals surface area contributed by atoms with E-state index >= 15 is 0 Å². The monoisotopic (exact) mass is 213 g/mol. The topological polar surface area (TPSA) is 38.7 Å². The molecular weight excluding hydrogens is 198 g/mol. The molecule has 0 aliphatic rings. The second kappa shape index (κ2) is 4.00. The summed E-state index contributed by atoms with van der Waals surface area (Å²) >= 11 is 0. The Morgan fingerprint density at radius 3 is 2.25 bits per heavy atom. The fraction of sp³-hybridized carbons (Fsp3) is 0.308. The number of aromatic nitrogens is 3. The van der Waals surface area contributed by atoms with Crippen LogP contribution in [0.15, 0.2) is 36.8 Å². The Balaban J connectivity index is 2.45. The predicted octanol–water partition coefficient (Wildman–Crippen LogP) is 2.84. The molecule has 0 aliphatic heterocycles. The quantitative estimate of drug-likeness (QED) is 0.731. The van der Waals surface area contributed by atoms with Crippen LogP contribution in [0.25, 0.3) is 11.4 Å². The molecule has 2 aromatic heterocycles. The second-order valence-electron chi connectivity index (χ2n) is 4.75. The van der Waals surface area contributed by atoms with Crippen LogP contribution in [0, 0.1) is 0 Å². The molecule has 0 fully saturated rings. The van der Waals surface area contributed by atoms with Crippen LogP contribution in [0.1, 0.15) is 26.5 Å². The maximum atomic E-state index is 4.58. The summed E-state index contributed by atoms with van der Waals surface area (Å²) in [6.45, 7) is 6.43. The average molecular weight is 213 g/mol. The van der Waals surface area contributed by atoms with Crippen molar-refractivity contribution < 1.29 is 0 Å². The molecule has 82 valence electrons. The van der Waals surface area contributed by atoms with Gasteiger partial charge in [0.15, 0.2) is 5.82 Å². The van der Waals surface area contributed by atoms with E-state index in [2.05, 4.69) is 35.7 Å². The molecule has 0 spiro atoms. The van der Waals surface area contributed by atoms with E-state index in [1.165, 1.54) is 0 Å². The van der Waals surface area contributed by atoms with Crippen LogP contribution in [-0.2, 0) is 5.41 Å². The lowest BCUT2D eigenvalue weighted by Crippen LogP contribution is -2.14. The van der Waals surface area contributed by atoms with Gasteiger partial charge in [-0.05, 0) is 18.2 Å². The molecule has 2 rings (SSSR count). The predicted molar refractivity (Wildman–Crippen MR) is 64.0 cm³/mol. The minimum Gasteiger partial charge on any atom is -0.265 e. The molecule has 0 atom stereocenters. The summed E-state index contributed by atoms with van der Waals surface area (Å²) in [5.74, 6) is 0.759. The molecule has 0 saturated carbocycles. The van der Waals surface area contributed by atoms with Crippen molar-refractivity contribution in [3.05, 3.63) is 42.5 Å². The summed E-state index contributed by atoms with van der Waals surface area (Å²) in [6, 6.07) is 5.80. The minimum atomic E-state index is 0.0463. The zero-order chi connectivity index (χ0) is 11.6. The number of nitrogens with zero attached hydrogens (tertiary/aromatic N) is 3. The Bertz CT molecular complexity index is 472. The zero-order valence-electron chi connectivity index (χ0n) is 9.81. The van der Waals surface area contributed by atoms with Crippen LogP contribution in [0.3, 0.4) is 0 Å². The van der Waals surface area contributed by atoms with Gasteiger partial charge in [-0.15, -0.1) is 0 Å². The van der Waals surface area contributed by atoms with Crippen molar-refractivity contribution in [3.8, 4) is 11.4 Å². The Kier molecular flexibility index (Phi) is 2.69. The van der Waals surface area contributed by atoms with Gasteiger partial charge in [-0.2, -0.15) is 0 Å². The maximum Gasteiger partial charge on any atom is 0.159 e. The van der Waals surface area contributed by atoms with Gasteiger partial charge in [-0.3, -0.25) is 4.98 Å². The molecule has 0 unspecified atom stereocenters. The summed E-state index contributed by atoms with van der Waals surface area (Å²) in [5.41, 5.74) is 2.10. The Labute approximate surface area is 95.6 Å².